The van der Waals surface area contributed by atoms with E-state index in [9.17, 15) is 8.42 Å². The van der Waals surface area contributed by atoms with E-state index in [4.69, 9.17) is 0 Å². The SMILES string of the molecule is Cc1ccc(S(=O)(=O)n2cc(C)c3ccccc32)cc1. The number of hydrogen-bond donors (Lipinski definition) is 0. The van der Waals surface area contributed by atoms with Crippen LogP contribution in [0.3, 0.4) is 0 Å². The van der Waals surface area contributed by atoms with E-state index in [-0.39, 0.29) is 0 Å². The average Bonchev–Trinajstić information content (AvgIpc) is 2.78. The summed E-state index contributed by atoms with van der Waals surface area (Å²) in [5.41, 5.74) is 2.71. The molecule has 0 radical (unpaired) electrons. The summed E-state index contributed by atoms with van der Waals surface area (Å²) in [5.74, 6) is 0. The van der Waals surface area contributed by atoms with Crippen molar-refractivity contribution < 1.29 is 8.42 Å². The van der Waals surface area contributed by atoms with Crippen LogP contribution in [0.25, 0.3) is 10.9 Å². The summed E-state index contributed by atoms with van der Waals surface area (Å²) in [6.07, 6.45) is 1.68. The van der Waals surface area contributed by atoms with Gasteiger partial charge in [-0.3, -0.25) is 0 Å². The van der Waals surface area contributed by atoms with Gasteiger partial charge in [0.05, 0.1) is 10.4 Å². The van der Waals surface area contributed by atoms with Crippen molar-refractivity contribution >= 4 is 20.9 Å². The maximum atomic E-state index is 12.7. The van der Waals surface area contributed by atoms with E-state index in [0.29, 0.717) is 10.4 Å². The molecule has 4 heteroatoms. The zero-order valence-electron chi connectivity index (χ0n) is 11.4. The molecule has 102 valence electrons. The van der Waals surface area contributed by atoms with Crippen molar-refractivity contribution in [2.75, 3.05) is 0 Å². The maximum Gasteiger partial charge on any atom is 0.268 e. The predicted molar refractivity (Wildman–Crippen MR) is 80.4 cm³/mol. The molecule has 20 heavy (non-hydrogen) atoms. The maximum absolute atomic E-state index is 12.7. The van der Waals surface area contributed by atoms with Crippen molar-refractivity contribution in [3.8, 4) is 0 Å². The molecule has 0 saturated heterocycles. The Hall–Kier alpha value is -2.07. The monoisotopic (exact) mass is 285 g/mol. The molecule has 0 aliphatic heterocycles. The lowest BCUT2D eigenvalue weighted by molar-refractivity contribution is 0.589. The molecular formula is C16H15NO2S. The minimum Gasteiger partial charge on any atom is -0.241 e. The second-order valence-corrected chi connectivity index (χ2v) is 6.76. The van der Waals surface area contributed by atoms with Crippen LogP contribution in [0.1, 0.15) is 11.1 Å². The van der Waals surface area contributed by atoms with E-state index in [1.807, 2.05) is 50.2 Å². The molecule has 0 aliphatic carbocycles. The fourth-order valence-electron chi connectivity index (χ4n) is 2.34. The zero-order chi connectivity index (χ0) is 14.3. The van der Waals surface area contributed by atoms with Crippen molar-refractivity contribution in [2.45, 2.75) is 18.7 Å². The number of aryl methyl sites for hydroxylation is 2. The number of rotatable bonds is 2. The van der Waals surface area contributed by atoms with E-state index in [2.05, 4.69) is 0 Å². The largest absolute Gasteiger partial charge is 0.268 e. The Labute approximate surface area is 118 Å². The Morgan fingerprint density at radius 1 is 0.900 bits per heavy atom. The lowest BCUT2D eigenvalue weighted by Gasteiger charge is -2.07. The second-order valence-electron chi connectivity index (χ2n) is 4.94. The van der Waals surface area contributed by atoms with Gasteiger partial charge < -0.3 is 0 Å². The van der Waals surface area contributed by atoms with Crippen molar-refractivity contribution in [1.82, 2.24) is 3.97 Å². The molecule has 0 unspecified atom stereocenters. The molecule has 1 aromatic heterocycles. The Kier molecular flexibility index (Phi) is 2.91. The molecule has 3 rings (SSSR count). The summed E-state index contributed by atoms with van der Waals surface area (Å²) in [7, 11) is -3.54. The fraction of sp³-hybridized carbons (Fsp3) is 0.125. The third kappa shape index (κ3) is 1.93. The van der Waals surface area contributed by atoms with Crippen LogP contribution in [-0.4, -0.2) is 12.4 Å². The lowest BCUT2D eigenvalue weighted by atomic mass is 10.2. The Balaban J connectivity index is 2.27. The van der Waals surface area contributed by atoms with E-state index < -0.39 is 10.0 Å². The summed E-state index contributed by atoms with van der Waals surface area (Å²) < 4.78 is 26.8. The van der Waals surface area contributed by atoms with E-state index >= 15 is 0 Å². The molecule has 0 bridgehead atoms. The summed E-state index contributed by atoms with van der Waals surface area (Å²) >= 11 is 0. The first-order valence-corrected chi connectivity index (χ1v) is 7.83. The molecule has 0 atom stereocenters. The van der Waals surface area contributed by atoms with E-state index in [0.717, 1.165) is 16.5 Å². The fourth-order valence-corrected chi connectivity index (χ4v) is 3.76. The summed E-state index contributed by atoms with van der Waals surface area (Å²) in [5, 5.41) is 0.961. The summed E-state index contributed by atoms with van der Waals surface area (Å²) in [6, 6.07) is 14.4. The van der Waals surface area contributed by atoms with Gasteiger partial charge in [-0.2, -0.15) is 0 Å². The van der Waals surface area contributed by atoms with E-state index in [1.54, 1.807) is 18.3 Å². The van der Waals surface area contributed by atoms with Gasteiger partial charge >= 0.3 is 0 Å². The van der Waals surface area contributed by atoms with Crippen molar-refractivity contribution in [1.29, 1.82) is 0 Å². The van der Waals surface area contributed by atoms with Crippen LogP contribution in [0.5, 0.6) is 0 Å². The lowest BCUT2D eigenvalue weighted by Crippen LogP contribution is -2.11. The highest BCUT2D eigenvalue weighted by Gasteiger charge is 2.19. The quantitative estimate of drug-likeness (QED) is 0.723. The highest BCUT2D eigenvalue weighted by atomic mass is 32.2. The van der Waals surface area contributed by atoms with Crippen LogP contribution in [-0.2, 0) is 10.0 Å². The highest BCUT2D eigenvalue weighted by Crippen LogP contribution is 2.25. The molecule has 0 N–H and O–H groups in total. The van der Waals surface area contributed by atoms with Crippen LogP contribution in [0.4, 0.5) is 0 Å². The predicted octanol–water partition coefficient (Wildman–Crippen LogP) is 3.50. The van der Waals surface area contributed by atoms with Crippen LogP contribution in [0.2, 0.25) is 0 Å². The average molecular weight is 285 g/mol. The van der Waals surface area contributed by atoms with Crippen LogP contribution in [0.15, 0.2) is 59.6 Å². The highest BCUT2D eigenvalue weighted by molar-refractivity contribution is 7.90. The van der Waals surface area contributed by atoms with Crippen molar-refractivity contribution in [3.05, 3.63) is 65.9 Å². The smallest absolute Gasteiger partial charge is 0.241 e. The van der Waals surface area contributed by atoms with Gasteiger partial charge in [0.2, 0.25) is 0 Å². The van der Waals surface area contributed by atoms with Gasteiger partial charge in [-0.1, -0.05) is 35.9 Å². The van der Waals surface area contributed by atoms with Gasteiger partial charge in [-0.25, -0.2) is 12.4 Å². The minimum absolute atomic E-state index is 0.309. The second kappa shape index (κ2) is 4.49. The third-order valence-electron chi connectivity index (χ3n) is 3.46. The molecule has 2 aromatic carbocycles. The number of nitrogens with zero attached hydrogens (tertiary/aromatic N) is 1. The van der Waals surface area contributed by atoms with Gasteiger partial charge in [-0.05, 0) is 37.6 Å². The van der Waals surface area contributed by atoms with Crippen molar-refractivity contribution in [2.24, 2.45) is 0 Å². The molecule has 0 amide bonds. The number of hydrogen-bond acceptors (Lipinski definition) is 2. The third-order valence-corrected chi connectivity index (χ3v) is 5.14. The topological polar surface area (TPSA) is 39.1 Å². The molecule has 1 heterocycles. The first-order valence-electron chi connectivity index (χ1n) is 6.39. The molecule has 0 saturated carbocycles. The number of benzene rings is 2. The van der Waals surface area contributed by atoms with Gasteiger partial charge in [-0.15, -0.1) is 0 Å². The molecular weight excluding hydrogens is 270 g/mol. The molecule has 0 spiro atoms. The van der Waals surface area contributed by atoms with Crippen LogP contribution < -0.4 is 0 Å². The number of aromatic nitrogens is 1. The molecule has 3 aromatic rings. The van der Waals surface area contributed by atoms with Crippen LogP contribution in [0, 0.1) is 13.8 Å². The van der Waals surface area contributed by atoms with Gasteiger partial charge in [0, 0.05) is 11.6 Å². The normalized spacial score (nSPS) is 11.9. The summed E-state index contributed by atoms with van der Waals surface area (Å²) in [4.78, 5) is 0.309. The molecule has 3 nitrogen and oxygen atoms in total. The van der Waals surface area contributed by atoms with Gasteiger partial charge in [0.1, 0.15) is 0 Å². The Bertz CT molecular complexity index is 874. The first kappa shape index (κ1) is 12.9. The molecule has 0 fully saturated rings. The van der Waals surface area contributed by atoms with E-state index in [1.165, 1.54) is 3.97 Å². The summed E-state index contributed by atoms with van der Waals surface area (Å²) in [6.45, 7) is 3.86. The minimum atomic E-state index is -3.54. The Morgan fingerprint density at radius 3 is 2.25 bits per heavy atom. The first-order chi connectivity index (χ1) is 9.50. The molecule has 0 aliphatic rings. The van der Waals surface area contributed by atoms with Crippen molar-refractivity contribution in [3.63, 3.8) is 0 Å². The standard InChI is InChI=1S/C16H15NO2S/c1-12-7-9-14(10-8-12)20(18,19)17-11-13(2)15-5-3-4-6-16(15)17/h3-11H,1-2H3. The van der Waals surface area contributed by atoms with Gasteiger partial charge in [0.15, 0.2) is 0 Å². The zero-order valence-corrected chi connectivity index (χ0v) is 12.2. The van der Waals surface area contributed by atoms with Gasteiger partial charge in [0.25, 0.3) is 10.0 Å². The number of para-hydroxylation sites is 1. The van der Waals surface area contributed by atoms with Crippen LogP contribution >= 0.6 is 0 Å². The number of fused-ring (bicyclic) bond motifs is 1. The Morgan fingerprint density at radius 2 is 1.55 bits per heavy atom.